The van der Waals surface area contributed by atoms with Crippen LogP contribution in [0.25, 0.3) is 0 Å². The van der Waals surface area contributed by atoms with E-state index in [4.69, 9.17) is 0 Å². The normalized spacial score (nSPS) is 9.82. The number of amides is 1. The van der Waals surface area contributed by atoms with Crippen LogP contribution in [-0.4, -0.2) is 42.5 Å². The predicted octanol–water partition coefficient (Wildman–Crippen LogP) is 0.856. The van der Waals surface area contributed by atoms with Crippen LogP contribution in [0.5, 0.6) is 0 Å². The van der Waals surface area contributed by atoms with E-state index < -0.39 is 5.95 Å². The summed E-state index contributed by atoms with van der Waals surface area (Å²) in [4.78, 5) is 27.4. The molecule has 0 fully saturated rings. The fourth-order valence-corrected chi connectivity index (χ4v) is 1.19. The largest absolute Gasteiger partial charge is 0.469 e. The van der Waals surface area contributed by atoms with Crippen LogP contribution in [0, 0.1) is 5.95 Å². The molecular weight excluding hydrogens is 227 g/mol. The van der Waals surface area contributed by atoms with Gasteiger partial charge in [0, 0.05) is 19.8 Å². The molecule has 0 saturated heterocycles. The molecular formula is C11H13FN2O3. The summed E-state index contributed by atoms with van der Waals surface area (Å²) in [6.45, 7) is 0.239. The first-order valence-electron chi connectivity index (χ1n) is 4.98. The Morgan fingerprint density at radius 2 is 2.18 bits per heavy atom. The van der Waals surface area contributed by atoms with Crippen LogP contribution in [-0.2, 0) is 9.53 Å². The second kappa shape index (κ2) is 5.93. The fraction of sp³-hybridized carbons (Fsp3) is 0.364. The van der Waals surface area contributed by atoms with E-state index in [1.807, 2.05) is 0 Å². The summed E-state index contributed by atoms with van der Waals surface area (Å²) in [5.74, 6) is -1.35. The third-order valence-corrected chi connectivity index (χ3v) is 2.20. The minimum atomic E-state index is -0.640. The van der Waals surface area contributed by atoms with E-state index >= 15 is 0 Å². The molecule has 1 aromatic heterocycles. The van der Waals surface area contributed by atoms with Gasteiger partial charge in [-0.3, -0.25) is 9.59 Å². The van der Waals surface area contributed by atoms with E-state index in [-0.39, 0.29) is 30.4 Å². The number of pyridine rings is 1. The maximum atomic E-state index is 12.6. The van der Waals surface area contributed by atoms with E-state index in [2.05, 4.69) is 9.72 Å². The highest BCUT2D eigenvalue weighted by Gasteiger charge is 2.13. The number of hydrogen-bond donors (Lipinski definition) is 0. The van der Waals surface area contributed by atoms with E-state index in [0.717, 1.165) is 12.3 Å². The van der Waals surface area contributed by atoms with Crippen LogP contribution >= 0.6 is 0 Å². The van der Waals surface area contributed by atoms with Crippen LogP contribution in [0.3, 0.4) is 0 Å². The molecule has 1 rings (SSSR count). The van der Waals surface area contributed by atoms with Crippen molar-refractivity contribution >= 4 is 11.9 Å². The molecule has 0 unspecified atom stereocenters. The van der Waals surface area contributed by atoms with E-state index in [1.54, 1.807) is 7.05 Å². The molecule has 0 aliphatic carbocycles. The van der Waals surface area contributed by atoms with E-state index in [1.165, 1.54) is 18.1 Å². The Balaban J connectivity index is 2.57. The van der Waals surface area contributed by atoms with Gasteiger partial charge < -0.3 is 9.64 Å². The fourth-order valence-electron chi connectivity index (χ4n) is 1.19. The summed E-state index contributed by atoms with van der Waals surface area (Å²) < 4.78 is 17.0. The predicted molar refractivity (Wildman–Crippen MR) is 57.8 cm³/mol. The molecule has 0 aromatic carbocycles. The molecule has 92 valence electrons. The summed E-state index contributed by atoms with van der Waals surface area (Å²) in [5.41, 5.74) is 0.277. The summed E-state index contributed by atoms with van der Waals surface area (Å²) >= 11 is 0. The molecule has 0 atom stereocenters. The van der Waals surface area contributed by atoms with Crippen molar-refractivity contribution in [2.45, 2.75) is 6.42 Å². The van der Waals surface area contributed by atoms with Gasteiger partial charge in [0.25, 0.3) is 5.91 Å². The number of ether oxygens (including phenoxy) is 1. The molecule has 5 nitrogen and oxygen atoms in total. The van der Waals surface area contributed by atoms with Crippen LogP contribution in [0.1, 0.15) is 16.8 Å². The maximum absolute atomic E-state index is 12.6. The molecule has 0 radical (unpaired) electrons. The third kappa shape index (κ3) is 3.82. The number of carbonyl (C=O) groups is 2. The highest BCUT2D eigenvalue weighted by Crippen LogP contribution is 2.03. The van der Waals surface area contributed by atoms with Crippen molar-refractivity contribution in [3.63, 3.8) is 0 Å². The zero-order valence-corrected chi connectivity index (χ0v) is 9.64. The Morgan fingerprint density at radius 3 is 2.71 bits per heavy atom. The Bertz CT molecular complexity index is 406. The number of rotatable bonds is 4. The number of carbonyl (C=O) groups excluding carboxylic acids is 2. The average molecular weight is 240 g/mol. The van der Waals surface area contributed by atoms with Crippen LogP contribution in [0.4, 0.5) is 4.39 Å². The lowest BCUT2D eigenvalue weighted by Gasteiger charge is -2.16. The van der Waals surface area contributed by atoms with Crippen molar-refractivity contribution < 1.29 is 18.7 Å². The zero-order valence-electron chi connectivity index (χ0n) is 9.64. The SMILES string of the molecule is COC(=O)CCN(C)C(=O)c1ccc(F)nc1. The summed E-state index contributed by atoms with van der Waals surface area (Å²) in [6.07, 6.45) is 1.28. The Kier molecular flexibility index (Phi) is 4.56. The van der Waals surface area contributed by atoms with Crippen molar-refractivity contribution in [1.82, 2.24) is 9.88 Å². The lowest BCUT2D eigenvalue weighted by Crippen LogP contribution is -2.29. The van der Waals surface area contributed by atoms with Gasteiger partial charge >= 0.3 is 5.97 Å². The highest BCUT2D eigenvalue weighted by atomic mass is 19.1. The summed E-state index contributed by atoms with van der Waals surface area (Å²) in [7, 11) is 2.84. The smallest absolute Gasteiger partial charge is 0.307 e. The number of esters is 1. The molecule has 1 aromatic rings. The van der Waals surface area contributed by atoms with Gasteiger partial charge in [-0.15, -0.1) is 0 Å². The number of halogens is 1. The molecule has 0 N–H and O–H groups in total. The van der Waals surface area contributed by atoms with Crippen molar-refractivity contribution in [2.75, 3.05) is 20.7 Å². The molecule has 0 bridgehead atoms. The number of nitrogens with zero attached hydrogens (tertiary/aromatic N) is 2. The number of hydrogen-bond acceptors (Lipinski definition) is 4. The zero-order chi connectivity index (χ0) is 12.8. The van der Waals surface area contributed by atoms with E-state index in [0.29, 0.717) is 0 Å². The summed E-state index contributed by atoms with van der Waals surface area (Å²) in [6, 6.07) is 2.46. The quantitative estimate of drug-likeness (QED) is 0.578. The Labute approximate surface area is 98.2 Å². The second-order valence-corrected chi connectivity index (χ2v) is 3.42. The Morgan fingerprint density at radius 1 is 1.47 bits per heavy atom. The molecule has 0 spiro atoms. The van der Waals surface area contributed by atoms with Gasteiger partial charge in [-0.1, -0.05) is 0 Å². The lowest BCUT2D eigenvalue weighted by atomic mass is 10.2. The van der Waals surface area contributed by atoms with Crippen LogP contribution < -0.4 is 0 Å². The van der Waals surface area contributed by atoms with Crippen molar-refractivity contribution in [3.05, 3.63) is 29.8 Å². The molecule has 1 amide bonds. The molecule has 17 heavy (non-hydrogen) atoms. The van der Waals surface area contributed by atoms with Gasteiger partial charge in [-0.2, -0.15) is 4.39 Å². The van der Waals surface area contributed by atoms with Crippen molar-refractivity contribution in [2.24, 2.45) is 0 Å². The van der Waals surface area contributed by atoms with Gasteiger partial charge in [-0.05, 0) is 12.1 Å². The first kappa shape index (κ1) is 13.1. The molecule has 1 heterocycles. The van der Waals surface area contributed by atoms with Gasteiger partial charge in [0.15, 0.2) is 0 Å². The number of aromatic nitrogens is 1. The van der Waals surface area contributed by atoms with Crippen LogP contribution in [0.2, 0.25) is 0 Å². The molecule has 6 heteroatoms. The third-order valence-electron chi connectivity index (χ3n) is 2.20. The van der Waals surface area contributed by atoms with Gasteiger partial charge in [0.1, 0.15) is 0 Å². The molecule has 0 aliphatic rings. The van der Waals surface area contributed by atoms with Crippen LogP contribution in [0.15, 0.2) is 18.3 Å². The first-order chi connectivity index (χ1) is 8.04. The molecule has 0 saturated carbocycles. The minimum Gasteiger partial charge on any atom is -0.469 e. The average Bonchev–Trinajstić information content (AvgIpc) is 2.35. The lowest BCUT2D eigenvalue weighted by molar-refractivity contribution is -0.140. The van der Waals surface area contributed by atoms with Crippen molar-refractivity contribution in [3.8, 4) is 0 Å². The highest BCUT2D eigenvalue weighted by molar-refractivity contribution is 5.93. The topological polar surface area (TPSA) is 59.5 Å². The Hall–Kier alpha value is -1.98. The number of methoxy groups -OCH3 is 1. The molecule has 0 aliphatic heterocycles. The van der Waals surface area contributed by atoms with E-state index in [9.17, 15) is 14.0 Å². The van der Waals surface area contributed by atoms with Crippen molar-refractivity contribution in [1.29, 1.82) is 0 Å². The van der Waals surface area contributed by atoms with Gasteiger partial charge in [-0.25, -0.2) is 4.98 Å². The second-order valence-electron chi connectivity index (χ2n) is 3.42. The minimum absolute atomic E-state index is 0.118. The maximum Gasteiger partial charge on any atom is 0.307 e. The van der Waals surface area contributed by atoms with Gasteiger partial charge in [0.05, 0.1) is 19.1 Å². The van der Waals surface area contributed by atoms with Gasteiger partial charge in [0.2, 0.25) is 5.95 Å². The monoisotopic (exact) mass is 240 g/mol. The summed E-state index contributed by atoms with van der Waals surface area (Å²) in [5, 5.41) is 0. The first-order valence-corrected chi connectivity index (χ1v) is 4.98. The standard InChI is InChI=1S/C11H13FN2O3/c1-14(6-5-10(15)17-2)11(16)8-3-4-9(12)13-7-8/h3-4,7H,5-6H2,1-2H3.